The highest BCUT2D eigenvalue weighted by atomic mass is 35.5. The van der Waals surface area contributed by atoms with Crippen LogP contribution >= 0.6 is 12.4 Å². The summed E-state index contributed by atoms with van der Waals surface area (Å²) in [7, 11) is 0. The van der Waals surface area contributed by atoms with Gasteiger partial charge in [0.2, 0.25) is 0 Å². The molecule has 0 saturated heterocycles. The molecular weight excluding hydrogens is 352 g/mol. The summed E-state index contributed by atoms with van der Waals surface area (Å²) in [6.07, 6.45) is 0.872. The minimum atomic E-state index is -0.292. The second-order valence-corrected chi connectivity index (χ2v) is 7.46. The van der Waals surface area contributed by atoms with Gasteiger partial charge in [0.05, 0.1) is 0 Å². The minimum Gasteiger partial charge on any atom is -0.488 e. The normalized spacial score (nSPS) is 13.5. The molecule has 1 aliphatic rings. The van der Waals surface area contributed by atoms with Gasteiger partial charge in [0.1, 0.15) is 11.4 Å². The third-order valence-corrected chi connectivity index (χ3v) is 4.10. The topological polar surface area (TPSA) is 79.0 Å². The molecule has 6 nitrogen and oxygen atoms in total. The predicted octanol–water partition coefficient (Wildman–Crippen LogP) is 2.89. The Morgan fingerprint density at radius 1 is 1.35 bits per heavy atom. The number of aromatic nitrogens is 2. The number of fused-ring (bicyclic) bond motifs is 1. The standard InChI is InChI=1S/C19H26N4O2.ClH/c1-12-5-6-13(16(9-12)25-19(2,3)4)10-21-18(24)17-14-11-20-8-7-15(14)22-23-17;/h5-6,9,20H,7-8,10-11H2,1-4H3,(H,21,24)(H,22,23);1H. The molecule has 0 unspecified atom stereocenters. The molecule has 1 aliphatic heterocycles. The van der Waals surface area contributed by atoms with E-state index in [9.17, 15) is 4.79 Å². The lowest BCUT2D eigenvalue weighted by Crippen LogP contribution is -2.29. The Morgan fingerprint density at radius 3 is 2.85 bits per heavy atom. The first-order valence-corrected chi connectivity index (χ1v) is 8.67. The number of nitrogens with one attached hydrogen (secondary N) is 3. The average Bonchev–Trinajstić information content (AvgIpc) is 2.96. The highest BCUT2D eigenvalue weighted by Crippen LogP contribution is 2.25. The number of amides is 1. The van der Waals surface area contributed by atoms with Crippen LogP contribution in [0.3, 0.4) is 0 Å². The van der Waals surface area contributed by atoms with Gasteiger partial charge in [-0.3, -0.25) is 9.89 Å². The Balaban J connectivity index is 0.00000243. The van der Waals surface area contributed by atoms with E-state index in [2.05, 4.69) is 20.8 Å². The van der Waals surface area contributed by atoms with Crippen LogP contribution in [0.15, 0.2) is 18.2 Å². The summed E-state index contributed by atoms with van der Waals surface area (Å²) in [6.45, 7) is 10.1. The largest absolute Gasteiger partial charge is 0.488 e. The van der Waals surface area contributed by atoms with Crippen molar-refractivity contribution in [3.8, 4) is 5.75 Å². The molecule has 2 aromatic rings. The molecule has 142 valence electrons. The van der Waals surface area contributed by atoms with E-state index in [-0.39, 0.29) is 23.9 Å². The summed E-state index contributed by atoms with van der Waals surface area (Å²) in [6, 6.07) is 6.03. The maximum atomic E-state index is 12.6. The number of aryl methyl sites for hydroxylation is 1. The van der Waals surface area contributed by atoms with Crippen LogP contribution in [-0.4, -0.2) is 28.3 Å². The van der Waals surface area contributed by atoms with Gasteiger partial charge in [-0.2, -0.15) is 5.10 Å². The fourth-order valence-corrected chi connectivity index (χ4v) is 2.90. The SMILES string of the molecule is Cc1ccc(CNC(=O)c2n[nH]c3c2CNCC3)c(OC(C)(C)C)c1.Cl. The first-order valence-electron chi connectivity index (χ1n) is 8.67. The van der Waals surface area contributed by atoms with Crippen molar-refractivity contribution in [3.63, 3.8) is 0 Å². The number of carbonyl (C=O) groups is 1. The number of ether oxygens (including phenoxy) is 1. The van der Waals surface area contributed by atoms with Gasteiger partial charge in [-0.1, -0.05) is 12.1 Å². The molecule has 1 amide bonds. The first kappa shape index (κ1) is 20.3. The zero-order chi connectivity index (χ0) is 18.0. The fourth-order valence-electron chi connectivity index (χ4n) is 2.90. The van der Waals surface area contributed by atoms with E-state index in [1.165, 1.54) is 0 Å². The van der Waals surface area contributed by atoms with Gasteiger partial charge in [0, 0.05) is 42.9 Å². The molecule has 0 atom stereocenters. The van der Waals surface area contributed by atoms with Gasteiger partial charge in [-0.25, -0.2) is 0 Å². The summed E-state index contributed by atoms with van der Waals surface area (Å²) < 4.78 is 6.04. The van der Waals surface area contributed by atoms with Crippen LogP contribution in [-0.2, 0) is 19.5 Å². The van der Waals surface area contributed by atoms with Crippen LogP contribution in [0, 0.1) is 6.92 Å². The number of benzene rings is 1. The predicted molar refractivity (Wildman–Crippen MR) is 104 cm³/mol. The third-order valence-electron chi connectivity index (χ3n) is 4.10. The Morgan fingerprint density at radius 2 is 2.12 bits per heavy atom. The summed E-state index contributed by atoms with van der Waals surface area (Å²) in [4.78, 5) is 12.6. The van der Waals surface area contributed by atoms with E-state index in [1.807, 2.05) is 45.9 Å². The Kier molecular flexibility index (Phi) is 6.31. The molecule has 3 rings (SSSR count). The lowest BCUT2D eigenvalue weighted by atomic mass is 10.1. The second kappa shape index (κ2) is 8.10. The quantitative estimate of drug-likeness (QED) is 0.764. The van der Waals surface area contributed by atoms with Crippen molar-refractivity contribution in [2.75, 3.05) is 6.54 Å². The molecular formula is C19H27ClN4O2. The fraction of sp³-hybridized carbons (Fsp3) is 0.474. The number of H-pyrrole nitrogens is 1. The van der Waals surface area contributed by atoms with Crippen molar-refractivity contribution < 1.29 is 9.53 Å². The van der Waals surface area contributed by atoms with E-state index in [4.69, 9.17) is 4.74 Å². The number of carbonyl (C=O) groups excluding carboxylic acids is 1. The molecule has 0 bridgehead atoms. The van der Waals surface area contributed by atoms with Gasteiger partial charge < -0.3 is 15.4 Å². The summed E-state index contributed by atoms with van der Waals surface area (Å²) in [5.74, 6) is 0.641. The van der Waals surface area contributed by atoms with Crippen molar-refractivity contribution in [2.45, 2.75) is 52.8 Å². The highest BCUT2D eigenvalue weighted by molar-refractivity contribution is 5.94. The number of rotatable bonds is 4. The van der Waals surface area contributed by atoms with E-state index >= 15 is 0 Å². The molecule has 0 fully saturated rings. The second-order valence-electron chi connectivity index (χ2n) is 7.46. The lowest BCUT2D eigenvalue weighted by Gasteiger charge is -2.23. The minimum absolute atomic E-state index is 0. The Hall–Kier alpha value is -2.05. The molecule has 2 heterocycles. The zero-order valence-corrected chi connectivity index (χ0v) is 16.5. The molecule has 0 radical (unpaired) electrons. The van der Waals surface area contributed by atoms with Crippen LogP contribution < -0.4 is 15.4 Å². The summed E-state index contributed by atoms with van der Waals surface area (Å²) >= 11 is 0. The van der Waals surface area contributed by atoms with Crippen LogP contribution in [0.5, 0.6) is 5.75 Å². The molecule has 0 spiro atoms. The van der Waals surface area contributed by atoms with E-state index in [1.54, 1.807) is 0 Å². The molecule has 26 heavy (non-hydrogen) atoms. The van der Waals surface area contributed by atoms with Gasteiger partial charge in [-0.15, -0.1) is 12.4 Å². The van der Waals surface area contributed by atoms with E-state index in [0.29, 0.717) is 18.8 Å². The van der Waals surface area contributed by atoms with Gasteiger partial charge in [-0.05, 0) is 39.3 Å². The van der Waals surface area contributed by atoms with E-state index in [0.717, 1.165) is 41.1 Å². The number of halogens is 1. The molecule has 7 heteroatoms. The number of hydrogen-bond acceptors (Lipinski definition) is 4. The van der Waals surface area contributed by atoms with Crippen molar-refractivity contribution >= 4 is 18.3 Å². The molecule has 1 aromatic heterocycles. The van der Waals surface area contributed by atoms with Crippen LogP contribution in [0.1, 0.15) is 53.6 Å². The smallest absolute Gasteiger partial charge is 0.272 e. The average molecular weight is 379 g/mol. The zero-order valence-electron chi connectivity index (χ0n) is 15.7. The molecule has 0 aliphatic carbocycles. The highest BCUT2D eigenvalue weighted by Gasteiger charge is 2.22. The lowest BCUT2D eigenvalue weighted by molar-refractivity contribution is 0.0943. The first-order chi connectivity index (χ1) is 11.8. The van der Waals surface area contributed by atoms with Crippen molar-refractivity contribution in [1.29, 1.82) is 0 Å². The Bertz CT molecular complexity index is 780. The van der Waals surface area contributed by atoms with Crippen molar-refractivity contribution in [2.24, 2.45) is 0 Å². The molecule has 1 aromatic carbocycles. The molecule has 0 saturated carbocycles. The maximum Gasteiger partial charge on any atom is 0.272 e. The van der Waals surface area contributed by atoms with Crippen LogP contribution in [0.2, 0.25) is 0 Å². The number of nitrogens with zero attached hydrogens (tertiary/aromatic N) is 1. The van der Waals surface area contributed by atoms with Crippen LogP contribution in [0.4, 0.5) is 0 Å². The maximum absolute atomic E-state index is 12.6. The van der Waals surface area contributed by atoms with Gasteiger partial charge >= 0.3 is 0 Å². The molecule has 3 N–H and O–H groups in total. The van der Waals surface area contributed by atoms with Crippen LogP contribution in [0.25, 0.3) is 0 Å². The summed E-state index contributed by atoms with van der Waals surface area (Å²) in [5, 5.41) is 13.4. The number of aromatic amines is 1. The van der Waals surface area contributed by atoms with Gasteiger partial charge in [0.25, 0.3) is 5.91 Å². The Labute approximate surface area is 160 Å². The summed E-state index contributed by atoms with van der Waals surface area (Å²) in [5.41, 5.74) is 4.29. The number of hydrogen-bond donors (Lipinski definition) is 3. The monoisotopic (exact) mass is 378 g/mol. The van der Waals surface area contributed by atoms with E-state index < -0.39 is 0 Å². The van der Waals surface area contributed by atoms with Crippen molar-refractivity contribution in [3.05, 3.63) is 46.3 Å². The van der Waals surface area contributed by atoms with Crippen molar-refractivity contribution in [1.82, 2.24) is 20.8 Å². The van der Waals surface area contributed by atoms with Gasteiger partial charge in [0.15, 0.2) is 5.69 Å². The third kappa shape index (κ3) is 4.77.